The molecule has 98 valence electrons. The molecule has 0 bridgehead atoms. The number of benzene rings is 1. The van der Waals surface area contributed by atoms with Crippen LogP contribution in [0.15, 0.2) is 18.2 Å². The number of carbonyl (C=O) groups excluding carboxylic acids is 2. The van der Waals surface area contributed by atoms with E-state index in [0.29, 0.717) is 6.54 Å². The molecule has 1 aromatic rings. The summed E-state index contributed by atoms with van der Waals surface area (Å²) in [6.07, 6.45) is 0. The van der Waals surface area contributed by atoms with Gasteiger partial charge in [-0.3, -0.25) is 9.59 Å². The van der Waals surface area contributed by atoms with Gasteiger partial charge in [0.25, 0.3) is 5.91 Å². The average molecular weight is 256 g/mol. The largest absolute Gasteiger partial charge is 0.355 e. The van der Waals surface area contributed by atoms with E-state index in [9.17, 15) is 18.4 Å². The van der Waals surface area contributed by atoms with E-state index < -0.39 is 29.1 Å². The molecule has 1 aromatic carbocycles. The molecule has 0 spiro atoms. The van der Waals surface area contributed by atoms with E-state index in [-0.39, 0.29) is 5.91 Å². The van der Waals surface area contributed by atoms with Gasteiger partial charge in [0.2, 0.25) is 5.91 Å². The second-order valence-corrected chi connectivity index (χ2v) is 3.69. The number of likely N-dealkylation sites (N-methyl/N-ethyl adjacent to an activating group) is 1. The van der Waals surface area contributed by atoms with Crippen molar-refractivity contribution < 1.29 is 18.4 Å². The van der Waals surface area contributed by atoms with Crippen LogP contribution in [-0.4, -0.2) is 24.4 Å². The molecule has 0 saturated carbocycles. The Hall–Kier alpha value is -1.98. The Kier molecular flexibility index (Phi) is 4.76. The maximum absolute atomic E-state index is 13.3. The number of amides is 2. The standard InChI is InChI=1S/C12H14F2N2O2/c1-3-15-11(17)7(2)16-12(18)8-5-4-6-9(13)10(8)14/h4-7H,3H2,1-2H3,(H,15,17)(H,16,18). The minimum Gasteiger partial charge on any atom is -0.355 e. The van der Waals surface area contributed by atoms with Crippen molar-refractivity contribution in [2.24, 2.45) is 0 Å². The highest BCUT2D eigenvalue weighted by molar-refractivity contribution is 5.97. The highest BCUT2D eigenvalue weighted by Gasteiger charge is 2.19. The van der Waals surface area contributed by atoms with E-state index in [4.69, 9.17) is 0 Å². The van der Waals surface area contributed by atoms with Crippen LogP contribution in [0.1, 0.15) is 24.2 Å². The van der Waals surface area contributed by atoms with Crippen LogP contribution in [0, 0.1) is 11.6 Å². The zero-order chi connectivity index (χ0) is 13.7. The van der Waals surface area contributed by atoms with E-state index in [1.807, 2.05) is 0 Å². The van der Waals surface area contributed by atoms with Gasteiger partial charge in [-0.15, -0.1) is 0 Å². The summed E-state index contributed by atoms with van der Waals surface area (Å²) < 4.78 is 26.2. The molecule has 1 rings (SSSR count). The molecular weight excluding hydrogens is 242 g/mol. The van der Waals surface area contributed by atoms with Crippen molar-refractivity contribution in [1.82, 2.24) is 10.6 Å². The Morgan fingerprint density at radius 2 is 2.00 bits per heavy atom. The summed E-state index contributed by atoms with van der Waals surface area (Å²) in [6.45, 7) is 3.62. The van der Waals surface area contributed by atoms with Gasteiger partial charge in [0.15, 0.2) is 11.6 Å². The molecule has 0 radical (unpaired) electrons. The predicted molar refractivity (Wildman–Crippen MR) is 62.0 cm³/mol. The first-order valence-electron chi connectivity index (χ1n) is 5.50. The molecular formula is C12H14F2N2O2. The van der Waals surface area contributed by atoms with Crippen LogP contribution in [0.5, 0.6) is 0 Å². The van der Waals surface area contributed by atoms with Gasteiger partial charge in [0.1, 0.15) is 6.04 Å². The van der Waals surface area contributed by atoms with Gasteiger partial charge in [-0.25, -0.2) is 8.78 Å². The van der Waals surface area contributed by atoms with E-state index >= 15 is 0 Å². The fraction of sp³-hybridized carbons (Fsp3) is 0.333. The molecule has 0 aromatic heterocycles. The van der Waals surface area contributed by atoms with Gasteiger partial charge in [0, 0.05) is 6.54 Å². The molecule has 4 nitrogen and oxygen atoms in total. The normalized spacial score (nSPS) is 11.8. The lowest BCUT2D eigenvalue weighted by molar-refractivity contribution is -0.122. The summed E-state index contributed by atoms with van der Waals surface area (Å²) in [7, 11) is 0. The number of carbonyl (C=O) groups is 2. The minimum absolute atomic E-state index is 0.386. The van der Waals surface area contributed by atoms with Crippen molar-refractivity contribution in [2.75, 3.05) is 6.54 Å². The molecule has 0 heterocycles. The van der Waals surface area contributed by atoms with Crippen molar-refractivity contribution in [1.29, 1.82) is 0 Å². The minimum atomic E-state index is -1.22. The molecule has 0 aliphatic carbocycles. The van der Waals surface area contributed by atoms with Crippen molar-refractivity contribution in [3.8, 4) is 0 Å². The van der Waals surface area contributed by atoms with E-state index in [2.05, 4.69) is 10.6 Å². The van der Waals surface area contributed by atoms with Crippen LogP contribution in [-0.2, 0) is 4.79 Å². The van der Waals surface area contributed by atoms with Crippen molar-refractivity contribution >= 4 is 11.8 Å². The fourth-order valence-electron chi connectivity index (χ4n) is 1.35. The van der Waals surface area contributed by atoms with E-state index in [0.717, 1.165) is 12.1 Å². The van der Waals surface area contributed by atoms with Gasteiger partial charge in [-0.1, -0.05) is 6.07 Å². The zero-order valence-electron chi connectivity index (χ0n) is 10.1. The third-order valence-corrected chi connectivity index (χ3v) is 2.29. The lowest BCUT2D eigenvalue weighted by Gasteiger charge is -2.13. The molecule has 0 aliphatic heterocycles. The highest BCUT2D eigenvalue weighted by atomic mass is 19.2. The van der Waals surface area contributed by atoms with Crippen LogP contribution < -0.4 is 10.6 Å². The predicted octanol–water partition coefficient (Wildman–Crippen LogP) is 1.22. The van der Waals surface area contributed by atoms with Gasteiger partial charge in [-0.05, 0) is 26.0 Å². The van der Waals surface area contributed by atoms with Crippen molar-refractivity contribution in [3.05, 3.63) is 35.4 Å². The smallest absolute Gasteiger partial charge is 0.255 e. The third-order valence-electron chi connectivity index (χ3n) is 2.29. The summed E-state index contributed by atoms with van der Waals surface area (Å²) in [5.74, 6) is -3.54. The third kappa shape index (κ3) is 3.26. The molecule has 6 heteroatoms. The highest BCUT2D eigenvalue weighted by Crippen LogP contribution is 2.11. The van der Waals surface area contributed by atoms with Crippen molar-refractivity contribution in [2.45, 2.75) is 19.9 Å². The van der Waals surface area contributed by atoms with Gasteiger partial charge < -0.3 is 10.6 Å². The molecule has 2 N–H and O–H groups in total. The number of rotatable bonds is 4. The Labute approximate surface area is 103 Å². The fourth-order valence-corrected chi connectivity index (χ4v) is 1.35. The summed E-state index contributed by atoms with van der Waals surface area (Å²) >= 11 is 0. The topological polar surface area (TPSA) is 58.2 Å². The second-order valence-electron chi connectivity index (χ2n) is 3.69. The number of hydrogen-bond donors (Lipinski definition) is 2. The molecule has 18 heavy (non-hydrogen) atoms. The maximum Gasteiger partial charge on any atom is 0.255 e. The summed E-state index contributed by atoms with van der Waals surface area (Å²) in [5, 5.41) is 4.80. The lowest BCUT2D eigenvalue weighted by atomic mass is 10.1. The van der Waals surface area contributed by atoms with Gasteiger partial charge in [0.05, 0.1) is 5.56 Å². The molecule has 0 fully saturated rings. The van der Waals surface area contributed by atoms with Crippen LogP contribution in [0.25, 0.3) is 0 Å². The molecule has 0 aliphatic rings. The monoisotopic (exact) mass is 256 g/mol. The first kappa shape index (κ1) is 14.1. The Bertz CT molecular complexity index is 463. The molecule has 2 amide bonds. The van der Waals surface area contributed by atoms with Gasteiger partial charge in [-0.2, -0.15) is 0 Å². The molecule has 1 unspecified atom stereocenters. The summed E-state index contributed by atoms with van der Waals surface area (Å²) in [6, 6.07) is 2.47. The number of nitrogens with one attached hydrogen (secondary N) is 2. The van der Waals surface area contributed by atoms with Crippen LogP contribution in [0.3, 0.4) is 0 Å². The molecule has 1 atom stereocenters. The first-order chi connectivity index (χ1) is 8.47. The Morgan fingerprint density at radius 1 is 1.33 bits per heavy atom. The number of halogens is 2. The summed E-state index contributed by atoms with van der Waals surface area (Å²) in [5.41, 5.74) is -0.425. The zero-order valence-corrected chi connectivity index (χ0v) is 10.1. The lowest BCUT2D eigenvalue weighted by Crippen LogP contribution is -2.44. The first-order valence-corrected chi connectivity index (χ1v) is 5.50. The SMILES string of the molecule is CCNC(=O)C(C)NC(=O)c1cccc(F)c1F. The Balaban J connectivity index is 2.77. The van der Waals surface area contributed by atoms with E-state index in [1.54, 1.807) is 6.92 Å². The van der Waals surface area contributed by atoms with Crippen LogP contribution in [0.2, 0.25) is 0 Å². The average Bonchev–Trinajstić information content (AvgIpc) is 2.32. The maximum atomic E-state index is 13.3. The van der Waals surface area contributed by atoms with Gasteiger partial charge >= 0.3 is 0 Å². The number of hydrogen-bond acceptors (Lipinski definition) is 2. The van der Waals surface area contributed by atoms with E-state index in [1.165, 1.54) is 13.0 Å². The van der Waals surface area contributed by atoms with Crippen LogP contribution in [0.4, 0.5) is 8.78 Å². The second kappa shape index (κ2) is 6.09. The summed E-state index contributed by atoms with van der Waals surface area (Å²) in [4.78, 5) is 23.0. The quantitative estimate of drug-likeness (QED) is 0.851. The van der Waals surface area contributed by atoms with Crippen molar-refractivity contribution in [3.63, 3.8) is 0 Å². The molecule has 0 saturated heterocycles. The van der Waals surface area contributed by atoms with Crippen LogP contribution >= 0.6 is 0 Å². The Morgan fingerprint density at radius 3 is 2.61 bits per heavy atom.